The maximum absolute atomic E-state index is 11.6. The number of thiazole rings is 1. The molecule has 6 nitrogen and oxygen atoms in total. The Bertz CT molecular complexity index is 712. The second-order valence-corrected chi connectivity index (χ2v) is 8.52. The Hall–Kier alpha value is -0.990. The smallest absolute Gasteiger partial charge is 0.290 e. The van der Waals surface area contributed by atoms with E-state index >= 15 is 0 Å². The van der Waals surface area contributed by atoms with Gasteiger partial charge in [0.1, 0.15) is 5.69 Å². The molecule has 0 spiro atoms. The van der Waals surface area contributed by atoms with E-state index in [2.05, 4.69) is 15.2 Å². The van der Waals surface area contributed by atoms with Gasteiger partial charge in [-0.15, -0.1) is 21.5 Å². The first-order chi connectivity index (χ1) is 8.60. The molecular formula is C10H13ClN4O2S2. The van der Waals surface area contributed by atoms with Gasteiger partial charge >= 0.3 is 0 Å². The molecule has 2 aromatic rings. The summed E-state index contributed by atoms with van der Waals surface area (Å²) in [6.07, 6.45) is 0. The van der Waals surface area contributed by atoms with E-state index in [-0.39, 0.29) is 5.16 Å². The number of rotatable bonds is 2. The summed E-state index contributed by atoms with van der Waals surface area (Å²) in [6.45, 7) is 7.42. The van der Waals surface area contributed by atoms with E-state index in [1.54, 1.807) is 0 Å². The van der Waals surface area contributed by atoms with E-state index < -0.39 is 14.6 Å². The summed E-state index contributed by atoms with van der Waals surface area (Å²) >= 11 is 1.46. The van der Waals surface area contributed by atoms with Crippen LogP contribution >= 0.6 is 22.0 Å². The van der Waals surface area contributed by atoms with Gasteiger partial charge < -0.3 is 0 Å². The topological polar surface area (TPSA) is 77.7 Å². The van der Waals surface area contributed by atoms with Crippen LogP contribution in [0.1, 0.15) is 25.8 Å². The van der Waals surface area contributed by atoms with E-state index in [4.69, 9.17) is 10.7 Å². The van der Waals surface area contributed by atoms with Crippen molar-refractivity contribution in [2.24, 2.45) is 0 Å². The summed E-state index contributed by atoms with van der Waals surface area (Å²) < 4.78 is 24.6. The molecule has 2 aromatic heterocycles. The lowest BCUT2D eigenvalue weighted by Crippen LogP contribution is -2.25. The zero-order valence-corrected chi connectivity index (χ0v) is 13.3. The molecule has 0 atom stereocenters. The number of aromatic nitrogens is 4. The van der Waals surface area contributed by atoms with Crippen molar-refractivity contribution in [2.45, 2.75) is 38.4 Å². The molecule has 2 rings (SSSR count). The van der Waals surface area contributed by atoms with E-state index in [0.29, 0.717) is 11.5 Å². The van der Waals surface area contributed by atoms with Gasteiger partial charge in [0.2, 0.25) is 0 Å². The molecule has 0 unspecified atom stereocenters. The summed E-state index contributed by atoms with van der Waals surface area (Å²) in [5, 5.41) is 10.0. The molecule has 0 aliphatic rings. The van der Waals surface area contributed by atoms with E-state index in [1.807, 2.05) is 33.1 Å². The summed E-state index contributed by atoms with van der Waals surface area (Å²) in [4.78, 5) is 4.31. The summed E-state index contributed by atoms with van der Waals surface area (Å²) in [5.74, 6) is 0.399. The molecule has 19 heavy (non-hydrogen) atoms. The van der Waals surface area contributed by atoms with Crippen LogP contribution < -0.4 is 0 Å². The number of hydrogen-bond acceptors (Lipinski definition) is 6. The average Bonchev–Trinajstić information content (AvgIpc) is 2.79. The second-order valence-electron chi connectivity index (χ2n) is 5.00. The first kappa shape index (κ1) is 14.4. The van der Waals surface area contributed by atoms with Gasteiger partial charge in [0.25, 0.3) is 14.2 Å². The zero-order valence-electron chi connectivity index (χ0n) is 10.9. The van der Waals surface area contributed by atoms with Crippen LogP contribution in [0, 0.1) is 6.92 Å². The molecule has 9 heteroatoms. The molecule has 0 radical (unpaired) electrons. The molecule has 0 aromatic carbocycles. The molecule has 0 bridgehead atoms. The van der Waals surface area contributed by atoms with Gasteiger partial charge in [-0.05, 0) is 27.7 Å². The lowest BCUT2D eigenvalue weighted by Gasteiger charge is -2.23. The highest BCUT2D eigenvalue weighted by molar-refractivity contribution is 8.13. The molecule has 0 N–H and O–H groups in total. The quantitative estimate of drug-likeness (QED) is 0.794. The Morgan fingerprint density at radius 3 is 2.37 bits per heavy atom. The highest BCUT2D eigenvalue weighted by atomic mass is 35.7. The van der Waals surface area contributed by atoms with Crippen LogP contribution in [0.3, 0.4) is 0 Å². The molecule has 0 aliphatic carbocycles. The van der Waals surface area contributed by atoms with Crippen molar-refractivity contribution in [3.63, 3.8) is 0 Å². The van der Waals surface area contributed by atoms with Gasteiger partial charge in [-0.3, -0.25) is 4.57 Å². The lowest BCUT2D eigenvalue weighted by atomic mass is 10.1. The van der Waals surface area contributed by atoms with Crippen LogP contribution in [-0.4, -0.2) is 28.2 Å². The molecule has 2 heterocycles. The monoisotopic (exact) mass is 320 g/mol. The minimum absolute atomic E-state index is 0.262. The Morgan fingerprint density at radius 1 is 1.32 bits per heavy atom. The third-order valence-corrected chi connectivity index (χ3v) is 4.26. The van der Waals surface area contributed by atoms with Gasteiger partial charge in [-0.25, -0.2) is 13.4 Å². The van der Waals surface area contributed by atoms with Crippen molar-refractivity contribution < 1.29 is 8.42 Å². The summed E-state index contributed by atoms with van der Waals surface area (Å²) in [6, 6.07) is 0. The maximum atomic E-state index is 11.6. The standard InChI is InChI=1S/C10H13ClN4O2S2/c1-6-12-7(5-18-6)8-13-14-9(19(11,16)17)15(8)10(2,3)4/h5H,1-4H3. The third-order valence-electron chi connectivity index (χ3n) is 2.37. The number of halogens is 1. The Kier molecular flexibility index (Phi) is 3.44. The Labute approximate surface area is 119 Å². The van der Waals surface area contributed by atoms with Crippen molar-refractivity contribution in [3.05, 3.63) is 10.4 Å². The van der Waals surface area contributed by atoms with E-state index in [9.17, 15) is 8.42 Å². The van der Waals surface area contributed by atoms with Crippen molar-refractivity contribution >= 4 is 31.1 Å². The lowest BCUT2D eigenvalue weighted by molar-refractivity contribution is 0.367. The maximum Gasteiger partial charge on any atom is 0.296 e. The zero-order chi connectivity index (χ0) is 14.4. The molecule has 0 saturated carbocycles. The molecule has 0 fully saturated rings. The van der Waals surface area contributed by atoms with E-state index in [1.165, 1.54) is 15.9 Å². The van der Waals surface area contributed by atoms with Crippen LogP contribution in [0.25, 0.3) is 11.5 Å². The van der Waals surface area contributed by atoms with E-state index in [0.717, 1.165) is 5.01 Å². The largest absolute Gasteiger partial charge is 0.296 e. The highest BCUT2D eigenvalue weighted by Crippen LogP contribution is 2.29. The van der Waals surface area contributed by atoms with Gasteiger partial charge in [0.15, 0.2) is 5.82 Å². The van der Waals surface area contributed by atoms with Gasteiger partial charge in [0, 0.05) is 21.6 Å². The normalized spacial score (nSPS) is 12.9. The summed E-state index contributed by atoms with van der Waals surface area (Å²) in [7, 11) is 1.45. The van der Waals surface area contributed by atoms with Crippen molar-refractivity contribution in [2.75, 3.05) is 0 Å². The van der Waals surface area contributed by atoms with Crippen molar-refractivity contribution in [1.82, 2.24) is 19.7 Å². The third kappa shape index (κ3) is 2.80. The van der Waals surface area contributed by atoms with Crippen LogP contribution in [-0.2, 0) is 14.6 Å². The van der Waals surface area contributed by atoms with Crippen LogP contribution in [0.5, 0.6) is 0 Å². The fraction of sp³-hybridized carbons (Fsp3) is 0.500. The number of nitrogens with zero attached hydrogens (tertiary/aromatic N) is 4. The predicted octanol–water partition coefficient (Wildman–Crippen LogP) is 2.39. The SMILES string of the molecule is Cc1nc(-c2nnc(S(=O)(=O)Cl)n2C(C)(C)C)cs1. The minimum atomic E-state index is -3.96. The Balaban J connectivity index is 2.74. The van der Waals surface area contributed by atoms with Crippen LogP contribution in [0.2, 0.25) is 0 Å². The summed E-state index contributed by atoms with van der Waals surface area (Å²) in [5.41, 5.74) is 0.0599. The molecule has 0 aliphatic heterocycles. The minimum Gasteiger partial charge on any atom is -0.290 e. The van der Waals surface area contributed by atoms with Gasteiger partial charge in [-0.1, -0.05) is 0 Å². The molecule has 104 valence electrons. The molecular weight excluding hydrogens is 308 g/mol. The van der Waals surface area contributed by atoms with Crippen molar-refractivity contribution in [3.8, 4) is 11.5 Å². The number of aryl methyl sites for hydroxylation is 1. The fourth-order valence-corrected chi connectivity index (χ4v) is 3.27. The van der Waals surface area contributed by atoms with Crippen LogP contribution in [0.4, 0.5) is 0 Å². The van der Waals surface area contributed by atoms with Crippen LogP contribution in [0.15, 0.2) is 10.5 Å². The van der Waals surface area contributed by atoms with Crippen molar-refractivity contribution in [1.29, 1.82) is 0 Å². The van der Waals surface area contributed by atoms with Gasteiger partial charge in [-0.2, -0.15) is 0 Å². The first-order valence-corrected chi connectivity index (χ1v) is 8.62. The highest BCUT2D eigenvalue weighted by Gasteiger charge is 2.30. The average molecular weight is 321 g/mol. The second kappa shape index (κ2) is 4.53. The fourth-order valence-electron chi connectivity index (χ4n) is 1.66. The van der Waals surface area contributed by atoms with Gasteiger partial charge in [0.05, 0.1) is 5.01 Å². The Morgan fingerprint density at radius 2 is 1.95 bits per heavy atom. The predicted molar refractivity (Wildman–Crippen MR) is 73.9 cm³/mol. The number of hydrogen-bond donors (Lipinski definition) is 0. The first-order valence-electron chi connectivity index (χ1n) is 5.44. The molecule has 0 amide bonds. The molecule has 0 saturated heterocycles.